The highest BCUT2D eigenvalue weighted by atomic mass is 16.6. The number of aromatic nitrogens is 1. The van der Waals surface area contributed by atoms with Crippen LogP contribution in [0.25, 0.3) is 21.9 Å². The van der Waals surface area contributed by atoms with Crippen LogP contribution in [0.15, 0.2) is 60.9 Å². The molecule has 3 rings (SSSR count). The third kappa shape index (κ3) is 6.15. The first-order valence-corrected chi connectivity index (χ1v) is 10.9. The summed E-state index contributed by atoms with van der Waals surface area (Å²) in [5.41, 5.74) is 2.02. The third-order valence-corrected chi connectivity index (χ3v) is 5.08. The fourth-order valence-corrected chi connectivity index (χ4v) is 3.51. The summed E-state index contributed by atoms with van der Waals surface area (Å²) in [6, 6.07) is 13.1. The molecule has 1 heterocycles. The Morgan fingerprint density at radius 3 is 2.51 bits per heavy atom. The standard InChI is InChI=1S/C27H28N4O4/c1-17(13-28)16-31(5)25(32)21-11-20(14-29-15-21)19-8-7-18-9-10-23(34-6)24(22(18)12-19)30-26(33)35-27(2,3)4/h7-12,14-15H,1,16H2,2-6H3,(H,30,33). The van der Waals surface area contributed by atoms with Crippen molar-refractivity contribution >= 4 is 28.5 Å². The van der Waals surface area contributed by atoms with Gasteiger partial charge < -0.3 is 14.4 Å². The molecular formula is C27H28N4O4. The molecule has 0 atom stereocenters. The molecule has 0 aliphatic rings. The lowest BCUT2D eigenvalue weighted by molar-refractivity contribution is 0.0635. The molecule has 35 heavy (non-hydrogen) atoms. The molecule has 8 heteroatoms. The predicted molar refractivity (Wildman–Crippen MR) is 135 cm³/mol. The van der Waals surface area contributed by atoms with Gasteiger partial charge in [0.15, 0.2) is 0 Å². The number of benzene rings is 2. The Labute approximate surface area is 204 Å². The first-order valence-electron chi connectivity index (χ1n) is 10.9. The number of nitrogens with zero attached hydrogens (tertiary/aromatic N) is 3. The normalized spacial score (nSPS) is 10.9. The van der Waals surface area contributed by atoms with E-state index in [9.17, 15) is 9.59 Å². The number of hydrogen-bond donors (Lipinski definition) is 1. The molecule has 3 aromatic rings. The molecule has 0 saturated carbocycles. The summed E-state index contributed by atoms with van der Waals surface area (Å²) in [5, 5.41) is 13.4. The van der Waals surface area contributed by atoms with Crippen molar-refractivity contribution in [2.45, 2.75) is 26.4 Å². The summed E-state index contributed by atoms with van der Waals surface area (Å²) in [6.45, 7) is 9.13. The molecule has 0 aliphatic heterocycles. The lowest BCUT2D eigenvalue weighted by atomic mass is 10.00. The molecule has 0 aliphatic carbocycles. The van der Waals surface area contributed by atoms with E-state index >= 15 is 0 Å². The number of amides is 2. The van der Waals surface area contributed by atoms with Crippen molar-refractivity contribution in [1.29, 1.82) is 5.26 Å². The van der Waals surface area contributed by atoms with Gasteiger partial charge in [0.2, 0.25) is 0 Å². The molecule has 1 aromatic heterocycles. The largest absolute Gasteiger partial charge is 0.495 e. The maximum Gasteiger partial charge on any atom is 0.412 e. The number of nitrogens with one attached hydrogen (secondary N) is 1. The van der Waals surface area contributed by atoms with Gasteiger partial charge in [0.05, 0.1) is 31.0 Å². The number of anilines is 1. The lowest BCUT2D eigenvalue weighted by Gasteiger charge is -2.21. The second kappa shape index (κ2) is 10.3. The van der Waals surface area contributed by atoms with Crippen LogP contribution < -0.4 is 10.1 Å². The van der Waals surface area contributed by atoms with Crippen LogP contribution in [0, 0.1) is 11.3 Å². The Balaban J connectivity index is 2.01. The van der Waals surface area contributed by atoms with E-state index in [1.807, 2.05) is 30.3 Å². The number of hydrogen-bond acceptors (Lipinski definition) is 6. The smallest absolute Gasteiger partial charge is 0.412 e. The second-order valence-electron chi connectivity index (χ2n) is 9.04. The van der Waals surface area contributed by atoms with Crippen molar-refractivity contribution in [2.75, 3.05) is 26.0 Å². The number of nitriles is 1. The summed E-state index contributed by atoms with van der Waals surface area (Å²) in [6.07, 6.45) is 2.55. The molecule has 1 N–H and O–H groups in total. The van der Waals surface area contributed by atoms with Gasteiger partial charge >= 0.3 is 6.09 Å². The molecule has 2 aromatic carbocycles. The van der Waals surface area contributed by atoms with Crippen molar-refractivity contribution in [3.05, 3.63) is 66.5 Å². The second-order valence-corrected chi connectivity index (χ2v) is 9.04. The quantitative estimate of drug-likeness (QED) is 0.481. The van der Waals surface area contributed by atoms with Crippen LogP contribution in [0.3, 0.4) is 0 Å². The number of pyridine rings is 1. The van der Waals surface area contributed by atoms with Gasteiger partial charge in [-0.05, 0) is 49.9 Å². The van der Waals surface area contributed by atoms with Gasteiger partial charge in [0.1, 0.15) is 11.4 Å². The van der Waals surface area contributed by atoms with Crippen molar-refractivity contribution in [3.8, 4) is 22.9 Å². The minimum atomic E-state index is -0.654. The van der Waals surface area contributed by atoms with Gasteiger partial charge in [-0.15, -0.1) is 0 Å². The highest BCUT2D eigenvalue weighted by Gasteiger charge is 2.20. The lowest BCUT2D eigenvalue weighted by Crippen LogP contribution is -2.28. The number of carbonyl (C=O) groups excluding carboxylic acids is 2. The van der Waals surface area contributed by atoms with E-state index in [1.165, 1.54) is 18.2 Å². The Hall–Kier alpha value is -4.38. The number of rotatable bonds is 6. The van der Waals surface area contributed by atoms with Crippen LogP contribution in [-0.2, 0) is 4.74 Å². The molecule has 0 saturated heterocycles. The molecule has 0 spiro atoms. The third-order valence-electron chi connectivity index (χ3n) is 5.08. The minimum absolute atomic E-state index is 0.134. The molecule has 0 bridgehead atoms. The van der Waals surface area contributed by atoms with Crippen LogP contribution in [0.1, 0.15) is 31.1 Å². The van der Waals surface area contributed by atoms with Crippen LogP contribution in [0.2, 0.25) is 0 Å². The zero-order valence-electron chi connectivity index (χ0n) is 20.5. The molecular weight excluding hydrogens is 444 g/mol. The van der Waals surface area contributed by atoms with Crippen molar-refractivity contribution < 1.29 is 19.1 Å². The number of ether oxygens (including phenoxy) is 2. The van der Waals surface area contributed by atoms with Crippen LogP contribution in [0.4, 0.5) is 10.5 Å². The fraction of sp³-hybridized carbons (Fsp3) is 0.259. The summed E-state index contributed by atoms with van der Waals surface area (Å²) < 4.78 is 10.9. The van der Waals surface area contributed by atoms with Gasteiger partial charge in [0, 0.05) is 36.0 Å². The number of carbonyl (C=O) groups is 2. The van der Waals surface area contributed by atoms with E-state index in [0.717, 1.165) is 21.9 Å². The van der Waals surface area contributed by atoms with Gasteiger partial charge in [-0.1, -0.05) is 24.8 Å². The maximum absolute atomic E-state index is 12.8. The predicted octanol–water partition coefficient (Wildman–Crippen LogP) is 5.41. The van der Waals surface area contributed by atoms with Crippen molar-refractivity contribution in [1.82, 2.24) is 9.88 Å². The SMILES string of the molecule is C=C(C#N)CN(C)C(=O)c1cncc(-c2ccc3ccc(OC)c(NC(=O)OC(C)(C)C)c3c2)c1. The monoisotopic (exact) mass is 472 g/mol. The van der Waals surface area contributed by atoms with Crippen LogP contribution in [-0.4, -0.2) is 48.2 Å². The number of likely N-dealkylation sites (N-methyl/N-ethyl adjacent to an activating group) is 1. The van der Waals surface area contributed by atoms with Crippen LogP contribution >= 0.6 is 0 Å². The van der Waals surface area contributed by atoms with E-state index in [0.29, 0.717) is 22.6 Å². The van der Waals surface area contributed by atoms with E-state index in [4.69, 9.17) is 14.7 Å². The van der Waals surface area contributed by atoms with Crippen molar-refractivity contribution in [2.24, 2.45) is 0 Å². The zero-order chi connectivity index (χ0) is 25.8. The highest BCUT2D eigenvalue weighted by molar-refractivity contribution is 6.04. The Morgan fingerprint density at radius 2 is 1.86 bits per heavy atom. The van der Waals surface area contributed by atoms with Gasteiger partial charge in [-0.25, -0.2) is 4.79 Å². The highest BCUT2D eigenvalue weighted by Crippen LogP contribution is 2.36. The van der Waals surface area contributed by atoms with E-state index in [-0.39, 0.29) is 12.5 Å². The maximum atomic E-state index is 12.8. The average Bonchev–Trinajstić information content (AvgIpc) is 2.82. The molecule has 0 unspecified atom stereocenters. The Bertz CT molecular complexity index is 1340. The van der Waals surface area contributed by atoms with Gasteiger partial charge in [-0.3, -0.25) is 15.1 Å². The fourth-order valence-electron chi connectivity index (χ4n) is 3.51. The first kappa shape index (κ1) is 25.2. The van der Waals surface area contributed by atoms with Crippen molar-refractivity contribution in [3.63, 3.8) is 0 Å². The minimum Gasteiger partial charge on any atom is -0.495 e. The zero-order valence-corrected chi connectivity index (χ0v) is 20.5. The van der Waals surface area contributed by atoms with E-state index in [2.05, 4.69) is 16.9 Å². The first-order chi connectivity index (χ1) is 16.5. The molecule has 8 nitrogen and oxygen atoms in total. The summed E-state index contributed by atoms with van der Waals surface area (Å²) in [7, 11) is 3.14. The molecule has 2 amide bonds. The summed E-state index contributed by atoms with van der Waals surface area (Å²) >= 11 is 0. The van der Waals surface area contributed by atoms with E-state index in [1.54, 1.807) is 46.1 Å². The number of fused-ring (bicyclic) bond motifs is 1. The summed E-state index contributed by atoms with van der Waals surface area (Å²) in [4.78, 5) is 31.0. The molecule has 0 radical (unpaired) electrons. The summed E-state index contributed by atoms with van der Waals surface area (Å²) in [5.74, 6) is 0.215. The van der Waals surface area contributed by atoms with E-state index < -0.39 is 11.7 Å². The Morgan fingerprint density at radius 1 is 1.14 bits per heavy atom. The van der Waals surface area contributed by atoms with Gasteiger partial charge in [0.25, 0.3) is 5.91 Å². The molecule has 0 fully saturated rings. The Kier molecular flexibility index (Phi) is 7.40. The van der Waals surface area contributed by atoms with Crippen LogP contribution in [0.5, 0.6) is 5.75 Å². The topological polar surface area (TPSA) is 105 Å². The molecule has 180 valence electrons. The van der Waals surface area contributed by atoms with Gasteiger partial charge in [-0.2, -0.15) is 5.26 Å². The average molecular weight is 473 g/mol. The number of methoxy groups -OCH3 is 1.